The minimum atomic E-state index is -0.0626. The summed E-state index contributed by atoms with van der Waals surface area (Å²) in [4.78, 5) is 4.91. The third-order valence-electron chi connectivity index (χ3n) is 4.96. The van der Waals surface area contributed by atoms with E-state index in [4.69, 9.17) is 9.47 Å². The third-order valence-corrected chi connectivity index (χ3v) is 4.96. The van der Waals surface area contributed by atoms with Gasteiger partial charge in [0.15, 0.2) is 0 Å². The average molecular weight is 334 g/mol. The third kappa shape index (κ3) is 5.01. The molecule has 2 heterocycles. The van der Waals surface area contributed by atoms with Gasteiger partial charge in [0.2, 0.25) is 0 Å². The molecule has 3 atom stereocenters. The molecule has 2 aliphatic heterocycles. The van der Waals surface area contributed by atoms with Crippen molar-refractivity contribution in [3.63, 3.8) is 0 Å². The van der Waals surface area contributed by atoms with E-state index in [1.807, 2.05) is 0 Å². The second-order valence-corrected chi connectivity index (χ2v) is 7.01. The van der Waals surface area contributed by atoms with Gasteiger partial charge in [-0.2, -0.15) is 0 Å². The van der Waals surface area contributed by atoms with Crippen LogP contribution in [0.4, 0.5) is 0 Å². The van der Waals surface area contributed by atoms with Gasteiger partial charge in [0.05, 0.1) is 25.4 Å². The summed E-state index contributed by atoms with van der Waals surface area (Å²) in [5, 5.41) is 9.36. The topological polar surface area (TPSA) is 45.2 Å². The van der Waals surface area contributed by atoms with Gasteiger partial charge >= 0.3 is 0 Å². The standard InChI is InChI=1S/C19H30N2O3/c1-16-15-24-19(14-22)13-21(16)12-18-11-20(8-5-9-23-18)10-17-6-3-2-4-7-17/h2-4,6-7,16,18-19,22H,5,8-15H2,1H3. The summed E-state index contributed by atoms with van der Waals surface area (Å²) in [5.74, 6) is 0. The van der Waals surface area contributed by atoms with Crippen LogP contribution in [0.5, 0.6) is 0 Å². The van der Waals surface area contributed by atoms with Crippen LogP contribution < -0.4 is 0 Å². The minimum Gasteiger partial charge on any atom is -0.394 e. The van der Waals surface area contributed by atoms with Crippen molar-refractivity contribution < 1.29 is 14.6 Å². The minimum absolute atomic E-state index is 0.0626. The van der Waals surface area contributed by atoms with Crippen LogP contribution in [0.25, 0.3) is 0 Å². The van der Waals surface area contributed by atoms with Gasteiger partial charge in [-0.3, -0.25) is 9.80 Å². The molecule has 24 heavy (non-hydrogen) atoms. The maximum Gasteiger partial charge on any atom is 0.0933 e. The fraction of sp³-hybridized carbons (Fsp3) is 0.684. The molecule has 5 nitrogen and oxygen atoms in total. The fourth-order valence-electron chi connectivity index (χ4n) is 3.57. The molecule has 1 aromatic carbocycles. The lowest BCUT2D eigenvalue weighted by Crippen LogP contribution is -2.53. The Bertz CT molecular complexity index is 485. The number of aliphatic hydroxyl groups is 1. The summed E-state index contributed by atoms with van der Waals surface area (Å²) >= 11 is 0. The predicted molar refractivity (Wildman–Crippen MR) is 93.9 cm³/mol. The Morgan fingerprint density at radius 3 is 2.75 bits per heavy atom. The highest BCUT2D eigenvalue weighted by Gasteiger charge is 2.29. The van der Waals surface area contributed by atoms with Gasteiger partial charge in [-0.25, -0.2) is 0 Å². The first kappa shape index (κ1) is 17.8. The first-order chi connectivity index (χ1) is 11.7. The lowest BCUT2D eigenvalue weighted by atomic mass is 10.1. The molecule has 2 fully saturated rings. The molecule has 1 aromatic rings. The van der Waals surface area contributed by atoms with Crippen molar-refractivity contribution in [2.45, 2.75) is 38.1 Å². The van der Waals surface area contributed by atoms with Crippen molar-refractivity contribution in [2.24, 2.45) is 0 Å². The number of ether oxygens (including phenoxy) is 2. The number of aliphatic hydroxyl groups excluding tert-OH is 1. The Balaban J connectivity index is 1.56. The van der Waals surface area contributed by atoms with E-state index in [1.165, 1.54) is 5.56 Å². The monoisotopic (exact) mass is 334 g/mol. The summed E-state index contributed by atoms with van der Waals surface area (Å²) in [6, 6.07) is 11.0. The first-order valence-corrected chi connectivity index (χ1v) is 9.09. The molecule has 2 aliphatic rings. The van der Waals surface area contributed by atoms with Gasteiger partial charge in [-0.1, -0.05) is 30.3 Å². The van der Waals surface area contributed by atoms with Crippen molar-refractivity contribution in [2.75, 3.05) is 46.0 Å². The van der Waals surface area contributed by atoms with Gasteiger partial charge in [0.1, 0.15) is 0 Å². The van der Waals surface area contributed by atoms with E-state index in [0.717, 1.165) is 45.8 Å². The van der Waals surface area contributed by atoms with Gasteiger partial charge < -0.3 is 14.6 Å². The molecule has 134 valence electrons. The molecule has 0 spiro atoms. The second kappa shape index (κ2) is 8.92. The summed E-state index contributed by atoms with van der Waals surface area (Å²) in [5.41, 5.74) is 1.36. The molecular formula is C19H30N2O3. The molecule has 0 aromatic heterocycles. The van der Waals surface area contributed by atoms with E-state index in [1.54, 1.807) is 0 Å². The van der Waals surface area contributed by atoms with Crippen molar-refractivity contribution in [1.29, 1.82) is 0 Å². The number of hydrogen-bond donors (Lipinski definition) is 1. The van der Waals surface area contributed by atoms with E-state index < -0.39 is 0 Å². The SMILES string of the molecule is CC1COC(CO)CN1CC1CN(Cc2ccccc2)CCCO1. The van der Waals surface area contributed by atoms with E-state index >= 15 is 0 Å². The molecule has 0 radical (unpaired) electrons. The Morgan fingerprint density at radius 1 is 1.12 bits per heavy atom. The van der Waals surface area contributed by atoms with E-state index in [0.29, 0.717) is 12.6 Å². The zero-order chi connectivity index (χ0) is 16.8. The summed E-state index contributed by atoms with van der Waals surface area (Å²) in [7, 11) is 0. The molecule has 1 N–H and O–H groups in total. The van der Waals surface area contributed by atoms with Gasteiger partial charge in [0.25, 0.3) is 0 Å². The maximum atomic E-state index is 9.36. The number of rotatable bonds is 5. The van der Waals surface area contributed by atoms with E-state index in [9.17, 15) is 5.11 Å². The molecule has 0 aliphatic carbocycles. The van der Waals surface area contributed by atoms with E-state index in [2.05, 4.69) is 47.1 Å². The highest BCUT2D eigenvalue weighted by atomic mass is 16.5. The van der Waals surface area contributed by atoms with Gasteiger partial charge in [-0.15, -0.1) is 0 Å². The average Bonchev–Trinajstić information content (AvgIpc) is 2.83. The predicted octanol–water partition coefficient (Wildman–Crippen LogP) is 1.36. The van der Waals surface area contributed by atoms with Crippen LogP contribution >= 0.6 is 0 Å². The second-order valence-electron chi connectivity index (χ2n) is 7.01. The van der Waals surface area contributed by atoms with Crippen LogP contribution in [-0.4, -0.2) is 79.2 Å². The van der Waals surface area contributed by atoms with Crippen LogP contribution in [0, 0.1) is 0 Å². The highest BCUT2D eigenvalue weighted by Crippen LogP contribution is 2.16. The van der Waals surface area contributed by atoms with Crippen LogP contribution in [0.3, 0.4) is 0 Å². The molecule has 2 saturated heterocycles. The van der Waals surface area contributed by atoms with Crippen LogP contribution in [0.2, 0.25) is 0 Å². The summed E-state index contributed by atoms with van der Waals surface area (Å²) in [6.07, 6.45) is 1.24. The van der Waals surface area contributed by atoms with Crippen LogP contribution in [0.15, 0.2) is 30.3 Å². The molecule has 0 bridgehead atoms. The van der Waals surface area contributed by atoms with Crippen LogP contribution in [-0.2, 0) is 16.0 Å². The molecule has 5 heteroatoms. The summed E-state index contributed by atoms with van der Waals surface area (Å²) in [6.45, 7) is 8.53. The Labute approximate surface area is 145 Å². The number of benzene rings is 1. The fourth-order valence-corrected chi connectivity index (χ4v) is 3.57. The molecule has 3 rings (SSSR count). The van der Waals surface area contributed by atoms with Crippen LogP contribution in [0.1, 0.15) is 18.9 Å². The van der Waals surface area contributed by atoms with Gasteiger partial charge in [0, 0.05) is 45.4 Å². The number of hydrogen-bond acceptors (Lipinski definition) is 5. The van der Waals surface area contributed by atoms with E-state index in [-0.39, 0.29) is 18.8 Å². The molecule has 0 amide bonds. The highest BCUT2D eigenvalue weighted by molar-refractivity contribution is 5.14. The Morgan fingerprint density at radius 2 is 1.96 bits per heavy atom. The lowest BCUT2D eigenvalue weighted by Gasteiger charge is -2.39. The Hall–Kier alpha value is -0.980. The van der Waals surface area contributed by atoms with Crippen molar-refractivity contribution in [3.8, 4) is 0 Å². The summed E-state index contributed by atoms with van der Waals surface area (Å²) < 4.78 is 11.7. The quantitative estimate of drug-likeness (QED) is 0.881. The van der Waals surface area contributed by atoms with Crippen molar-refractivity contribution in [1.82, 2.24) is 9.80 Å². The molecule has 3 unspecified atom stereocenters. The number of nitrogens with zero attached hydrogens (tertiary/aromatic N) is 2. The first-order valence-electron chi connectivity index (χ1n) is 9.09. The van der Waals surface area contributed by atoms with Crippen molar-refractivity contribution >= 4 is 0 Å². The molecular weight excluding hydrogens is 304 g/mol. The zero-order valence-corrected chi connectivity index (χ0v) is 14.6. The zero-order valence-electron chi connectivity index (χ0n) is 14.6. The maximum absolute atomic E-state index is 9.36. The largest absolute Gasteiger partial charge is 0.394 e. The molecule has 0 saturated carbocycles. The number of morpholine rings is 1. The normalized spacial score (nSPS) is 30.2. The van der Waals surface area contributed by atoms with Crippen molar-refractivity contribution in [3.05, 3.63) is 35.9 Å². The lowest BCUT2D eigenvalue weighted by molar-refractivity contribution is -0.0924. The van der Waals surface area contributed by atoms with Gasteiger partial charge in [-0.05, 0) is 18.9 Å². The Kier molecular flexibility index (Phi) is 6.63. The smallest absolute Gasteiger partial charge is 0.0933 e.